The Morgan fingerprint density at radius 3 is 2.24 bits per heavy atom. The van der Waals surface area contributed by atoms with E-state index < -0.39 is 47.5 Å². The number of benzene rings is 1. The molecule has 1 atom stereocenters. The number of carbonyl (C=O) groups is 1. The van der Waals surface area contributed by atoms with Crippen LogP contribution >= 0.6 is 0 Å². The molecule has 6 nitrogen and oxygen atoms in total. The van der Waals surface area contributed by atoms with Gasteiger partial charge >= 0.3 is 12.4 Å². The van der Waals surface area contributed by atoms with Crippen LogP contribution in [0.25, 0.3) is 0 Å². The normalized spacial score (nSPS) is 13.6. The summed E-state index contributed by atoms with van der Waals surface area (Å²) in [5.74, 6) is 1.06. The highest BCUT2D eigenvalue weighted by molar-refractivity contribution is 6.01. The lowest BCUT2D eigenvalue weighted by molar-refractivity contribution is -0.143. The molecule has 0 saturated carbocycles. The highest BCUT2D eigenvalue weighted by Gasteiger charge is 2.38. The fraction of sp³-hybridized carbons (Fsp3) is 0.238. The van der Waals surface area contributed by atoms with Crippen LogP contribution in [0, 0.1) is 12.3 Å². The van der Waals surface area contributed by atoms with Crippen molar-refractivity contribution in [3.05, 3.63) is 59.3 Å². The number of carbonyl (C=O) groups excluding carboxylic acids is 1. The van der Waals surface area contributed by atoms with E-state index in [9.17, 15) is 31.1 Å². The third-order valence-corrected chi connectivity index (χ3v) is 4.28. The summed E-state index contributed by atoms with van der Waals surface area (Å²) >= 11 is 0. The lowest BCUT2D eigenvalue weighted by atomic mass is 10.0. The van der Waals surface area contributed by atoms with E-state index in [4.69, 9.17) is 12.2 Å². The summed E-state index contributed by atoms with van der Waals surface area (Å²) < 4.78 is 79.2. The van der Waals surface area contributed by atoms with E-state index in [1.165, 1.54) is 19.2 Å². The molecule has 1 unspecified atom stereocenters. The van der Waals surface area contributed by atoms with E-state index in [0.717, 1.165) is 11.2 Å². The molecule has 174 valence electrons. The Morgan fingerprint density at radius 2 is 1.79 bits per heavy atom. The summed E-state index contributed by atoms with van der Waals surface area (Å²) in [5, 5.41) is 0. The molecule has 1 heterocycles. The number of hydrogen-bond donors (Lipinski definition) is 1. The van der Waals surface area contributed by atoms with Crippen LogP contribution in [-0.4, -0.2) is 40.6 Å². The molecule has 1 amide bonds. The highest BCUT2D eigenvalue weighted by Crippen LogP contribution is 2.36. The van der Waals surface area contributed by atoms with Gasteiger partial charge < -0.3 is 10.6 Å². The molecule has 2 N–H and O–H groups in total. The minimum absolute atomic E-state index is 0.0710. The molecule has 1 aromatic heterocycles. The monoisotopic (exact) mass is 469 g/mol. The molecule has 0 aliphatic heterocycles. The van der Waals surface area contributed by atoms with Gasteiger partial charge in [0.25, 0.3) is 5.91 Å². The zero-order chi connectivity index (χ0) is 24.8. The molecule has 0 saturated heterocycles. The van der Waals surface area contributed by atoms with Crippen LogP contribution in [0.3, 0.4) is 0 Å². The van der Waals surface area contributed by atoms with Crippen LogP contribution in [0.2, 0.25) is 0 Å². The number of aromatic nitrogens is 1. The smallest absolute Gasteiger partial charge is 0.390 e. The van der Waals surface area contributed by atoms with Gasteiger partial charge in [-0.2, -0.15) is 26.3 Å². The summed E-state index contributed by atoms with van der Waals surface area (Å²) in [5.41, 5.74) is 1.22. The van der Waals surface area contributed by atoms with Gasteiger partial charge in [-0.15, -0.1) is 6.42 Å². The SMILES string of the molecule is C#CCN(C(=O)c1cc(C(F)(F)F)cc(C(F)(F)F)c1)C(C)C(N=CN)=Nc1ccccn1. The number of aliphatic imine (C=N–C) groups is 2. The molecular weight excluding hydrogens is 452 g/mol. The van der Waals surface area contributed by atoms with Crippen molar-refractivity contribution in [1.29, 1.82) is 0 Å². The molecule has 0 bridgehead atoms. The van der Waals surface area contributed by atoms with Gasteiger partial charge in [0, 0.05) is 11.8 Å². The van der Waals surface area contributed by atoms with Crippen LogP contribution < -0.4 is 5.73 Å². The van der Waals surface area contributed by atoms with E-state index in [1.54, 1.807) is 12.1 Å². The van der Waals surface area contributed by atoms with Crippen molar-refractivity contribution in [1.82, 2.24) is 9.88 Å². The predicted octanol–water partition coefficient (Wildman–Crippen LogP) is 4.30. The number of nitrogens with zero attached hydrogens (tertiary/aromatic N) is 4. The van der Waals surface area contributed by atoms with Gasteiger partial charge in [-0.3, -0.25) is 4.79 Å². The molecule has 0 fully saturated rings. The molecule has 0 radical (unpaired) electrons. The van der Waals surface area contributed by atoms with E-state index in [2.05, 4.69) is 20.9 Å². The van der Waals surface area contributed by atoms with E-state index in [-0.39, 0.29) is 17.7 Å². The minimum Gasteiger partial charge on any atom is -0.390 e. The second kappa shape index (κ2) is 10.2. The first kappa shape index (κ1) is 25.4. The maximum atomic E-state index is 13.2. The average Bonchev–Trinajstić information content (AvgIpc) is 2.75. The van der Waals surface area contributed by atoms with Crippen molar-refractivity contribution < 1.29 is 31.1 Å². The number of amidine groups is 1. The third-order valence-electron chi connectivity index (χ3n) is 4.28. The van der Waals surface area contributed by atoms with Crippen LogP contribution in [0.1, 0.15) is 28.4 Å². The Balaban J connectivity index is 2.57. The molecule has 12 heteroatoms. The van der Waals surface area contributed by atoms with Gasteiger partial charge in [0.15, 0.2) is 11.7 Å². The first-order valence-corrected chi connectivity index (χ1v) is 9.16. The number of alkyl halides is 6. The Labute approximate surface area is 184 Å². The lowest BCUT2D eigenvalue weighted by Gasteiger charge is -2.27. The van der Waals surface area contributed by atoms with Crippen molar-refractivity contribution in [2.45, 2.75) is 25.3 Å². The van der Waals surface area contributed by atoms with Crippen molar-refractivity contribution in [3.63, 3.8) is 0 Å². The lowest BCUT2D eigenvalue weighted by Crippen LogP contribution is -2.43. The third kappa shape index (κ3) is 6.55. The Morgan fingerprint density at radius 1 is 1.18 bits per heavy atom. The summed E-state index contributed by atoms with van der Waals surface area (Å²) in [6.45, 7) is 0.932. The fourth-order valence-corrected chi connectivity index (χ4v) is 2.71. The predicted molar refractivity (Wildman–Crippen MR) is 110 cm³/mol. The van der Waals surface area contributed by atoms with Crippen LogP contribution in [0.4, 0.5) is 32.2 Å². The molecule has 0 aliphatic rings. The summed E-state index contributed by atoms with van der Waals surface area (Å²) in [6.07, 6.45) is -2.65. The second-order valence-electron chi connectivity index (χ2n) is 6.54. The van der Waals surface area contributed by atoms with Gasteiger partial charge in [-0.25, -0.2) is 15.0 Å². The number of rotatable bonds is 5. The quantitative estimate of drug-likeness (QED) is 0.307. The number of terminal acetylenes is 1. The Hall–Kier alpha value is -3.88. The van der Waals surface area contributed by atoms with Crippen molar-refractivity contribution in [2.75, 3.05) is 6.54 Å². The van der Waals surface area contributed by atoms with Crippen LogP contribution in [-0.2, 0) is 12.4 Å². The summed E-state index contributed by atoms with van der Waals surface area (Å²) in [4.78, 5) is 25.9. The first-order valence-electron chi connectivity index (χ1n) is 9.16. The Kier molecular flexibility index (Phi) is 7.81. The van der Waals surface area contributed by atoms with Crippen LogP contribution in [0.5, 0.6) is 0 Å². The van der Waals surface area contributed by atoms with Gasteiger partial charge in [-0.05, 0) is 37.3 Å². The number of hydrogen-bond acceptors (Lipinski definition) is 3. The summed E-state index contributed by atoms with van der Waals surface area (Å²) in [6, 6.07) is 4.25. The molecule has 0 aliphatic carbocycles. The standard InChI is InChI=1S/C21H17F6N5O/c1-3-8-32(13(2)18(30-12-28)31-17-6-4-5-7-29-17)19(33)14-9-15(20(22,23)24)11-16(10-14)21(25,26)27/h1,4-7,9-13H,8H2,2H3,(H2,28,29,30,31). The van der Waals surface area contributed by atoms with E-state index >= 15 is 0 Å². The minimum atomic E-state index is -5.12. The zero-order valence-electron chi connectivity index (χ0n) is 17.0. The number of pyridine rings is 1. The van der Waals surface area contributed by atoms with Gasteiger partial charge in [0.2, 0.25) is 0 Å². The molecular formula is C21H17F6N5O. The number of amides is 1. The zero-order valence-corrected chi connectivity index (χ0v) is 17.0. The average molecular weight is 469 g/mol. The highest BCUT2D eigenvalue weighted by atomic mass is 19.4. The number of halogens is 6. The Bertz CT molecular complexity index is 1050. The fourth-order valence-electron chi connectivity index (χ4n) is 2.71. The maximum absolute atomic E-state index is 13.2. The number of nitrogens with two attached hydrogens (primary N) is 1. The largest absolute Gasteiger partial charge is 0.416 e. The molecule has 2 aromatic rings. The van der Waals surface area contributed by atoms with E-state index in [1.807, 2.05) is 0 Å². The molecule has 33 heavy (non-hydrogen) atoms. The molecule has 1 aromatic carbocycles. The van der Waals surface area contributed by atoms with Gasteiger partial charge in [0.05, 0.1) is 30.1 Å². The maximum Gasteiger partial charge on any atom is 0.416 e. The molecule has 0 spiro atoms. The summed E-state index contributed by atoms with van der Waals surface area (Å²) in [7, 11) is 0. The van der Waals surface area contributed by atoms with Gasteiger partial charge in [-0.1, -0.05) is 12.0 Å². The topological polar surface area (TPSA) is 83.9 Å². The first-order chi connectivity index (χ1) is 15.4. The van der Waals surface area contributed by atoms with E-state index in [0.29, 0.717) is 12.1 Å². The molecule has 2 rings (SSSR count). The van der Waals surface area contributed by atoms with Crippen molar-refractivity contribution in [2.24, 2.45) is 15.7 Å². The van der Waals surface area contributed by atoms with Crippen LogP contribution in [0.15, 0.2) is 52.6 Å². The second-order valence-corrected chi connectivity index (χ2v) is 6.54. The van der Waals surface area contributed by atoms with Gasteiger partial charge in [0.1, 0.15) is 0 Å². The van der Waals surface area contributed by atoms with Crippen molar-refractivity contribution in [3.8, 4) is 12.3 Å². The van der Waals surface area contributed by atoms with Crippen molar-refractivity contribution >= 4 is 23.9 Å².